The highest BCUT2D eigenvalue weighted by Crippen LogP contribution is 2.35. The molecule has 3 heterocycles. The molecule has 0 aliphatic carbocycles. The third-order valence-electron chi connectivity index (χ3n) is 5.30. The van der Waals surface area contributed by atoms with Crippen LogP contribution < -0.4 is 10.7 Å². The first kappa shape index (κ1) is 25.6. The van der Waals surface area contributed by atoms with Gasteiger partial charge in [-0.15, -0.1) is 0 Å². The maximum atomic E-state index is 13.5. The number of halogens is 6. The molecule has 37 heavy (non-hydrogen) atoms. The van der Waals surface area contributed by atoms with Gasteiger partial charge in [0.2, 0.25) is 5.95 Å². The molecule has 192 valence electrons. The number of nitrogens with zero attached hydrogens (tertiary/aromatic N) is 6. The van der Waals surface area contributed by atoms with Crippen LogP contribution in [0.25, 0.3) is 10.9 Å². The van der Waals surface area contributed by atoms with Gasteiger partial charge in [-0.05, 0) is 42.5 Å². The zero-order valence-corrected chi connectivity index (χ0v) is 18.9. The van der Waals surface area contributed by atoms with Crippen LogP contribution in [0.15, 0.2) is 61.1 Å². The maximum Gasteiger partial charge on any atom is 0.419 e. The van der Waals surface area contributed by atoms with Gasteiger partial charge in [0.05, 0.1) is 28.9 Å². The van der Waals surface area contributed by atoms with Crippen molar-refractivity contribution in [1.29, 1.82) is 0 Å². The van der Waals surface area contributed by atoms with E-state index in [4.69, 9.17) is 5.73 Å². The first-order valence-corrected chi connectivity index (χ1v) is 10.5. The largest absolute Gasteiger partial charge is 0.419 e. The van der Waals surface area contributed by atoms with Crippen molar-refractivity contribution in [2.75, 3.05) is 17.8 Å². The topological polar surface area (TPSA) is 101 Å². The van der Waals surface area contributed by atoms with E-state index < -0.39 is 35.2 Å². The minimum absolute atomic E-state index is 0.0126. The number of benzene rings is 1. The highest BCUT2D eigenvalue weighted by Gasteiger charge is 2.34. The molecule has 4 aromatic rings. The van der Waals surface area contributed by atoms with E-state index in [1.54, 1.807) is 6.07 Å². The molecular formula is C23H17F6N7O. The number of hydrogen-bond donors (Lipinski definition) is 1. The fourth-order valence-corrected chi connectivity index (χ4v) is 3.42. The second-order valence-electron chi connectivity index (χ2n) is 7.80. The number of aromatic nitrogens is 4. The van der Waals surface area contributed by atoms with Gasteiger partial charge in [0, 0.05) is 36.6 Å². The van der Waals surface area contributed by atoms with Crippen LogP contribution in [0.3, 0.4) is 0 Å². The van der Waals surface area contributed by atoms with Gasteiger partial charge < -0.3 is 5.73 Å². The summed E-state index contributed by atoms with van der Waals surface area (Å²) in [4.78, 5) is 29.2. The number of fused-ring (bicyclic) bond motifs is 1. The average Bonchev–Trinajstić information content (AvgIpc) is 2.85. The summed E-state index contributed by atoms with van der Waals surface area (Å²) in [5.41, 5.74) is 3.55. The molecule has 0 atom stereocenters. The fraction of sp³-hybridized carbons (Fsp3) is 0.174. The van der Waals surface area contributed by atoms with E-state index in [9.17, 15) is 31.1 Å². The Hall–Kier alpha value is -4.49. The summed E-state index contributed by atoms with van der Waals surface area (Å²) in [7, 11) is 1.45. The summed E-state index contributed by atoms with van der Waals surface area (Å²) < 4.78 is 78.7. The van der Waals surface area contributed by atoms with Crippen molar-refractivity contribution in [3.63, 3.8) is 0 Å². The minimum atomic E-state index is -4.75. The van der Waals surface area contributed by atoms with Crippen molar-refractivity contribution in [2.45, 2.75) is 18.9 Å². The lowest BCUT2D eigenvalue weighted by Gasteiger charge is -2.31. The van der Waals surface area contributed by atoms with Crippen LogP contribution in [0.1, 0.15) is 27.2 Å². The molecule has 0 aliphatic heterocycles. The van der Waals surface area contributed by atoms with E-state index in [0.29, 0.717) is 6.20 Å². The Balaban J connectivity index is 1.73. The fourth-order valence-electron chi connectivity index (χ4n) is 3.42. The predicted molar refractivity (Wildman–Crippen MR) is 121 cm³/mol. The molecule has 0 spiro atoms. The van der Waals surface area contributed by atoms with Gasteiger partial charge in [-0.25, -0.2) is 20.0 Å². The van der Waals surface area contributed by atoms with Gasteiger partial charge in [0.15, 0.2) is 0 Å². The summed E-state index contributed by atoms with van der Waals surface area (Å²) in [6.07, 6.45) is -5.86. The molecule has 4 rings (SSSR count). The van der Waals surface area contributed by atoms with Gasteiger partial charge in [0.1, 0.15) is 5.82 Å². The second-order valence-corrected chi connectivity index (χ2v) is 7.80. The highest BCUT2D eigenvalue weighted by molar-refractivity contribution is 5.98. The van der Waals surface area contributed by atoms with E-state index in [-0.39, 0.29) is 34.7 Å². The SMILES string of the molecule is CN(c1ncccn1)N(Cc1ccc(C(F)(F)F)cn1)C(=O)c1ccc2nc(N)c(C(F)(F)F)cc2c1. The number of rotatable bonds is 5. The number of hydrogen-bond acceptors (Lipinski definition) is 7. The number of hydrazine groups is 1. The Bertz CT molecular complexity index is 1430. The second kappa shape index (κ2) is 9.52. The van der Waals surface area contributed by atoms with E-state index in [0.717, 1.165) is 23.2 Å². The molecule has 0 saturated carbocycles. The third kappa shape index (κ3) is 5.52. The molecule has 3 aromatic heterocycles. The Morgan fingerprint density at radius 1 is 0.946 bits per heavy atom. The molecule has 14 heteroatoms. The normalized spacial score (nSPS) is 12.0. The summed E-state index contributed by atoms with van der Waals surface area (Å²) in [6, 6.07) is 8.18. The molecule has 1 aromatic carbocycles. The summed E-state index contributed by atoms with van der Waals surface area (Å²) >= 11 is 0. The van der Waals surface area contributed by atoms with E-state index in [1.807, 2.05) is 0 Å². The molecule has 0 bridgehead atoms. The van der Waals surface area contributed by atoms with Gasteiger partial charge in [-0.2, -0.15) is 26.3 Å². The summed E-state index contributed by atoms with van der Waals surface area (Å²) in [6.45, 7) is -0.294. The summed E-state index contributed by atoms with van der Waals surface area (Å²) in [5.74, 6) is -1.32. The van der Waals surface area contributed by atoms with E-state index in [2.05, 4.69) is 19.9 Å². The number of nitrogen functional groups attached to an aromatic ring is 1. The van der Waals surface area contributed by atoms with Crippen molar-refractivity contribution in [3.05, 3.63) is 83.4 Å². The molecule has 1 amide bonds. The number of amides is 1. The molecular weight excluding hydrogens is 504 g/mol. The zero-order chi connectivity index (χ0) is 27.0. The van der Waals surface area contributed by atoms with E-state index >= 15 is 0 Å². The quantitative estimate of drug-likeness (QED) is 0.299. The number of alkyl halides is 6. The van der Waals surface area contributed by atoms with Crippen LogP contribution in [0, 0.1) is 0 Å². The lowest BCUT2D eigenvalue weighted by atomic mass is 10.1. The lowest BCUT2D eigenvalue weighted by Crippen LogP contribution is -2.45. The van der Waals surface area contributed by atoms with Gasteiger partial charge in [0.25, 0.3) is 5.91 Å². The van der Waals surface area contributed by atoms with Gasteiger partial charge in [-0.1, -0.05) is 0 Å². The summed E-state index contributed by atoms with van der Waals surface area (Å²) in [5, 5.41) is 2.37. The van der Waals surface area contributed by atoms with Crippen molar-refractivity contribution in [2.24, 2.45) is 0 Å². The molecule has 0 saturated heterocycles. The van der Waals surface area contributed by atoms with Crippen LogP contribution in [0.2, 0.25) is 0 Å². The van der Waals surface area contributed by atoms with Crippen LogP contribution in [-0.2, 0) is 18.9 Å². The van der Waals surface area contributed by atoms with Gasteiger partial charge in [-0.3, -0.25) is 14.8 Å². The molecule has 2 N–H and O–H groups in total. The van der Waals surface area contributed by atoms with Crippen LogP contribution in [0.5, 0.6) is 0 Å². The molecule has 8 nitrogen and oxygen atoms in total. The van der Waals surface area contributed by atoms with Crippen molar-refractivity contribution < 1.29 is 31.1 Å². The third-order valence-corrected chi connectivity index (χ3v) is 5.30. The number of pyridine rings is 2. The van der Waals surface area contributed by atoms with Crippen molar-refractivity contribution in [1.82, 2.24) is 24.9 Å². The lowest BCUT2D eigenvalue weighted by molar-refractivity contribution is -0.138. The number of nitrogens with two attached hydrogens (primary N) is 1. The van der Waals surface area contributed by atoms with Crippen molar-refractivity contribution in [3.8, 4) is 0 Å². The number of carbonyl (C=O) groups excluding carboxylic acids is 1. The Morgan fingerprint density at radius 3 is 2.24 bits per heavy atom. The van der Waals surface area contributed by atoms with Crippen LogP contribution in [0.4, 0.5) is 38.1 Å². The Labute approximate surface area is 205 Å². The van der Waals surface area contributed by atoms with E-state index in [1.165, 1.54) is 42.6 Å². The van der Waals surface area contributed by atoms with Crippen molar-refractivity contribution >= 4 is 28.6 Å². The minimum Gasteiger partial charge on any atom is -0.383 e. The molecule has 0 fully saturated rings. The average molecular weight is 521 g/mol. The zero-order valence-electron chi connectivity index (χ0n) is 18.9. The molecule has 0 unspecified atom stereocenters. The standard InChI is InChI=1S/C23H17F6N7O/c1-35(21-31-7-2-8-32-21)36(12-16-5-4-15(11-33-16)22(24,25)26)20(37)13-3-6-18-14(9-13)10-17(19(30)34-18)23(27,28)29/h2-11H,12H2,1H3,(H2,30,34). The monoisotopic (exact) mass is 521 g/mol. The maximum absolute atomic E-state index is 13.5. The molecule has 0 aliphatic rings. The highest BCUT2D eigenvalue weighted by atomic mass is 19.4. The number of anilines is 2. The Morgan fingerprint density at radius 2 is 1.65 bits per heavy atom. The number of carbonyl (C=O) groups is 1. The first-order chi connectivity index (χ1) is 17.3. The smallest absolute Gasteiger partial charge is 0.383 e. The molecule has 0 radical (unpaired) electrons. The first-order valence-electron chi connectivity index (χ1n) is 10.5. The van der Waals surface area contributed by atoms with Crippen LogP contribution >= 0.6 is 0 Å². The Kier molecular flexibility index (Phi) is 6.59. The predicted octanol–water partition coefficient (Wildman–Crippen LogP) is 4.73. The van der Waals surface area contributed by atoms with Crippen LogP contribution in [-0.4, -0.2) is 37.9 Å². The van der Waals surface area contributed by atoms with Gasteiger partial charge >= 0.3 is 12.4 Å².